The fraction of sp³-hybridized carbons (Fsp3) is 0.684. The van der Waals surface area contributed by atoms with E-state index < -0.39 is 21.9 Å². The Labute approximate surface area is 192 Å². The number of anilines is 1. The second-order valence-electron chi connectivity index (χ2n) is 8.24. The molecule has 0 atom stereocenters. The summed E-state index contributed by atoms with van der Waals surface area (Å²) >= 11 is 3.30. The molecule has 0 radical (unpaired) electrons. The van der Waals surface area contributed by atoms with Crippen molar-refractivity contribution in [3.8, 4) is 5.88 Å². The van der Waals surface area contributed by atoms with Gasteiger partial charge in [-0.2, -0.15) is 12.7 Å². The molecule has 1 aromatic rings. The molecule has 2 rings (SSSR count). The molecule has 0 aromatic carbocycles. The van der Waals surface area contributed by atoms with Crippen molar-refractivity contribution >= 4 is 37.9 Å². The molecule has 10 nitrogen and oxygen atoms in total. The minimum absolute atomic E-state index is 0.101. The molecular weight excluding hydrogens is 492 g/mol. The predicted octanol–water partition coefficient (Wildman–Crippen LogP) is 2.86. The van der Waals surface area contributed by atoms with Crippen LogP contribution in [0.1, 0.15) is 34.6 Å². The molecule has 0 spiro atoms. The second-order valence-corrected chi connectivity index (χ2v) is 10.8. The Morgan fingerprint density at radius 1 is 1.35 bits per heavy atom. The third-order valence-corrected chi connectivity index (χ3v) is 6.15. The van der Waals surface area contributed by atoms with Crippen LogP contribution in [0.25, 0.3) is 0 Å². The average molecular weight is 523 g/mol. The van der Waals surface area contributed by atoms with Crippen molar-refractivity contribution in [3.63, 3.8) is 0 Å². The number of halogens is 1. The first-order valence-corrected chi connectivity index (χ1v) is 12.3. The summed E-state index contributed by atoms with van der Waals surface area (Å²) in [6, 6.07) is 1.48. The van der Waals surface area contributed by atoms with Gasteiger partial charge in [-0.05, 0) is 56.6 Å². The van der Waals surface area contributed by atoms with Crippen molar-refractivity contribution in [1.82, 2.24) is 14.2 Å². The zero-order valence-electron chi connectivity index (χ0n) is 18.6. The molecule has 0 saturated carbocycles. The van der Waals surface area contributed by atoms with Gasteiger partial charge in [-0.15, -0.1) is 0 Å². The first-order chi connectivity index (χ1) is 14.4. The lowest BCUT2D eigenvalue weighted by Gasteiger charge is -2.30. The van der Waals surface area contributed by atoms with E-state index in [-0.39, 0.29) is 43.9 Å². The molecule has 0 bridgehead atoms. The lowest BCUT2D eigenvalue weighted by atomic mass is 10.2. The normalized spacial score (nSPS) is 15.6. The largest absolute Gasteiger partial charge is 0.474 e. The van der Waals surface area contributed by atoms with Crippen LogP contribution in [0.15, 0.2) is 16.7 Å². The number of hydrogen-bond donors (Lipinski definition) is 1. The fourth-order valence-electron chi connectivity index (χ4n) is 2.73. The van der Waals surface area contributed by atoms with Crippen molar-refractivity contribution < 1.29 is 27.4 Å². The summed E-state index contributed by atoms with van der Waals surface area (Å²) in [6.45, 7) is 10.8. The number of nitrogens with one attached hydrogen (secondary N) is 1. The Morgan fingerprint density at radius 2 is 2.00 bits per heavy atom. The lowest BCUT2D eigenvalue weighted by Crippen LogP contribution is -2.43. The van der Waals surface area contributed by atoms with Crippen LogP contribution in [0.3, 0.4) is 0 Å². The van der Waals surface area contributed by atoms with Gasteiger partial charge in [-0.25, -0.2) is 9.78 Å². The van der Waals surface area contributed by atoms with Gasteiger partial charge < -0.3 is 19.1 Å². The van der Waals surface area contributed by atoms with Gasteiger partial charge in [-0.3, -0.25) is 4.72 Å². The van der Waals surface area contributed by atoms with Crippen LogP contribution < -0.4 is 9.46 Å². The smallest absolute Gasteiger partial charge is 0.410 e. The monoisotopic (exact) mass is 522 g/mol. The zero-order valence-corrected chi connectivity index (χ0v) is 21.0. The number of rotatable bonds is 8. The molecule has 1 saturated heterocycles. The number of ether oxygens (including phenoxy) is 3. The first-order valence-electron chi connectivity index (χ1n) is 10.0. The Balaban J connectivity index is 2.07. The number of nitrogens with zero attached hydrogens (tertiary/aromatic N) is 3. The molecule has 0 aliphatic carbocycles. The first kappa shape index (κ1) is 25.6. The van der Waals surface area contributed by atoms with E-state index in [2.05, 4.69) is 25.6 Å². The molecule has 1 aliphatic rings. The van der Waals surface area contributed by atoms with Gasteiger partial charge >= 0.3 is 16.3 Å². The van der Waals surface area contributed by atoms with E-state index >= 15 is 0 Å². The van der Waals surface area contributed by atoms with Crippen molar-refractivity contribution in [2.75, 3.05) is 44.2 Å². The van der Waals surface area contributed by atoms with Gasteiger partial charge in [0.25, 0.3) is 0 Å². The maximum Gasteiger partial charge on any atom is 0.410 e. The molecular formula is C19H31BrN4O6S. The highest BCUT2D eigenvalue weighted by Crippen LogP contribution is 2.27. The Kier molecular flexibility index (Phi) is 8.92. The van der Waals surface area contributed by atoms with E-state index in [1.165, 1.54) is 10.5 Å². The van der Waals surface area contributed by atoms with E-state index in [9.17, 15) is 13.2 Å². The minimum Gasteiger partial charge on any atom is -0.474 e. The lowest BCUT2D eigenvalue weighted by molar-refractivity contribution is 0.0163. The highest BCUT2D eigenvalue weighted by atomic mass is 79.9. The van der Waals surface area contributed by atoms with E-state index in [0.29, 0.717) is 17.7 Å². The number of hydrogen-bond acceptors (Lipinski definition) is 7. The summed E-state index contributed by atoms with van der Waals surface area (Å²) in [7, 11) is -3.79. The van der Waals surface area contributed by atoms with Gasteiger partial charge in [0.2, 0.25) is 5.88 Å². The SMILES string of the molecule is CC(C)N(CCOc1ncc(Br)cc1NS(=O)(=O)N1CCOCC1)C(=O)OC(C)(C)C. The molecule has 1 aliphatic heterocycles. The number of pyridine rings is 1. The summed E-state index contributed by atoms with van der Waals surface area (Å²) in [4.78, 5) is 18.2. The fourth-order valence-corrected chi connectivity index (χ4v) is 4.24. The van der Waals surface area contributed by atoms with Gasteiger partial charge in [0.1, 0.15) is 17.9 Å². The summed E-state index contributed by atoms with van der Waals surface area (Å²) < 4.78 is 46.2. The van der Waals surface area contributed by atoms with Crippen LogP contribution in [-0.2, 0) is 19.7 Å². The highest BCUT2D eigenvalue weighted by molar-refractivity contribution is 9.10. The Hall–Kier alpha value is -1.63. The zero-order chi connectivity index (χ0) is 23.2. The number of amides is 1. The summed E-state index contributed by atoms with van der Waals surface area (Å²) in [5.41, 5.74) is -0.405. The van der Waals surface area contributed by atoms with Crippen molar-refractivity contribution in [1.29, 1.82) is 0 Å². The highest BCUT2D eigenvalue weighted by Gasteiger charge is 2.27. The topological polar surface area (TPSA) is 110 Å². The second kappa shape index (κ2) is 10.8. The molecule has 1 fully saturated rings. The van der Waals surface area contributed by atoms with Crippen molar-refractivity contribution in [3.05, 3.63) is 16.7 Å². The van der Waals surface area contributed by atoms with Gasteiger partial charge in [0.05, 0.1) is 19.8 Å². The number of carbonyl (C=O) groups is 1. The maximum atomic E-state index is 12.7. The third-order valence-electron chi connectivity index (χ3n) is 4.19. The quantitative estimate of drug-likeness (QED) is 0.558. The molecule has 12 heteroatoms. The van der Waals surface area contributed by atoms with Crippen LogP contribution >= 0.6 is 15.9 Å². The van der Waals surface area contributed by atoms with E-state index in [1.54, 1.807) is 31.7 Å². The molecule has 1 aromatic heterocycles. The molecule has 31 heavy (non-hydrogen) atoms. The maximum absolute atomic E-state index is 12.7. The predicted molar refractivity (Wildman–Crippen MR) is 120 cm³/mol. The standard InChI is InChI=1S/C19H31BrN4O6S/c1-14(2)24(18(25)30-19(3,4)5)8-11-29-17-16(12-15(20)13-21-17)22-31(26,27)23-6-9-28-10-7-23/h12-14,22H,6-11H2,1-5H3. The van der Waals surface area contributed by atoms with E-state index in [0.717, 1.165) is 0 Å². The van der Waals surface area contributed by atoms with E-state index in [4.69, 9.17) is 14.2 Å². The molecule has 2 heterocycles. The Bertz CT molecular complexity index is 853. The van der Waals surface area contributed by atoms with Crippen LogP contribution in [-0.4, -0.2) is 79.8 Å². The Morgan fingerprint density at radius 3 is 2.58 bits per heavy atom. The molecule has 0 unspecified atom stereocenters. The summed E-state index contributed by atoms with van der Waals surface area (Å²) in [5.74, 6) is 0.118. The van der Waals surface area contributed by atoms with Crippen molar-refractivity contribution in [2.45, 2.75) is 46.3 Å². The third kappa shape index (κ3) is 8.09. The van der Waals surface area contributed by atoms with Gasteiger partial charge in [0.15, 0.2) is 0 Å². The minimum atomic E-state index is -3.79. The number of morpholine rings is 1. The number of carbonyl (C=O) groups excluding carboxylic acids is 1. The van der Waals surface area contributed by atoms with Crippen LogP contribution in [0, 0.1) is 0 Å². The summed E-state index contributed by atoms with van der Waals surface area (Å²) in [5, 5.41) is 0. The average Bonchev–Trinajstić information content (AvgIpc) is 2.65. The van der Waals surface area contributed by atoms with Crippen LogP contribution in [0.5, 0.6) is 5.88 Å². The molecule has 1 amide bonds. The van der Waals surface area contributed by atoms with E-state index in [1.807, 2.05) is 13.8 Å². The molecule has 1 N–H and O–H groups in total. The van der Waals surface area contributed by atoms with Crippen LogP contribution in [0.2, 0.25) is 0 Å². The van der Waals surface area contributed by atoms with Gasteiger partial charge in [-0.1, -0.05) is 0 Å². The molecule has 176 valence electrons. The summed E-state index contributed by atoms with van der Waals surface area (Å²) in [6.07, 6.45) is 1.07. The van der Waals surface area contributed by atoms with Crippen LogP contribution in [0.4, 0.5) is 10.5 Å². The van der Waals surface area contributed by atoms with Crippen molar-refractivity contribution in [2.24, 2.45) is 0 Å². The number of aromatic nitrogens is 1. The van der Waals surface area contributed by atoms with Gasteiger partial charge in [0, 0.05) is 29.8 Å².